The summed E-state index contributed by atoms with van der Waals surface area (Å²) in [6, 6.07) is 9.82. The third-order valence-electron chi connectivity index (χ3n) is 5.66. The van der Waals surface area contributed by atoms with E-state index in [-0.39, 0.29) is 12.2 Å². The van der Waals surface area contributed by atoms with Crippen LogP contribution >= 0.6 is 0 Å². The maximum Gasteiger partial charge on any atom is 0.247 e. The summed E-state index contributed by atoms with van der Waals surface area (Å²) in [5, 5.41) is 5.21. The number of nitrogens with two attached hydrogens (primary N) is 1. The van der Waals surface area contributed by atoms with Gasteiger partial charge in [-0.25, -0.2) is 13.4 Å². The van der Waals surface area contributed by atoms with Gasteiger partial charge in [0.25, 0.3) is 0 Å². The fourth-order valence-electron chi connectivity index (χ4n) is 3.71. The van der Waals surface area contributed by atoms with E-state index in [1.165, 1.54) is 28.4 Å². The molecule has 2 heterocycles. The molecule has 1 aliphatic heterocycles. The molecule has 1 aromatic heterocycles. The number of primary amides is 1. The van der Waals surface area contributed by atoms with Crippen LogP contribution < -0.4 is 10.7 Å². The highest BCUT2D eigenvalue weighted by Crippen LogP contribution is 2.19. The summed E-state index contributed by atoms with van der Waals surface area (Å²) in [6.07, 6.45) is 3.20. The molecule has 10 nitrogen and oxygen atoms in total. The zero-order valence-electron chi connectivity index (χ0n) is 18.4. The number of carbonyl (C=O) groups excluding carboxylic acids is 2. The highest BCUT2D eigenvalue weighted by Gasteiger charge is 2.37. The number of rotatable bonds is 9. The van der Waals surface area contributed by atoms with E-state index in [1.54, 1.807) is 6.07 Å². The number of aromatic nitrogens is 2. The van der Waals surface area contributed by atoms with Gasteiger partial charge in [0.2, 0.25) is 21.8 Å². The third kappa shape index (κ3) is 5.72. The zero-order chi connectivity index (χ0) is 23.3. The largest absolute Gasteiger partial charge is 0.368 e. The number of nitrogens with zero attached hydrogens (tertiary/aromatic N) is 5. The number of amides is 2. The Bertz CT molecular complexity index is 1000. The molecule has 0 bridgehead atoms. The molecule has 174 valence electrons. The van der Waals surface area contributed by atoms with Crippen LogP contribution in [0.4, 0.5) is 0 Å². The summed E-state index contributed by atoms with van der Waals surface area (Å²) >= 11 is 0. The minimum Gasteiger partial charge on any atom is -0.368 e. The first-order chi connectivity index (χ1) is 15.2. The second-order valence-corrected chi connectivity index (χ2v) is 10.1. The second kappa shape index (κ2) is 10.2. The van der Waals surface area contributed by atoms with Crippen molar-refractivity contribution in [1.29, 1.82) is 0 Å². The summed E-state index contributed by atoms with van der Waals surface area (Å²) in [5.41, 5.74) is 6.31. The first-order valence-corrected chi connectivity index (χ1v) is 12.1. The van der Waals surface area contributed by atoms with Crippen LogP contribution in [0.2, 0.25) is 0 Å². The van der Waals surface area contributed by atoms with Crippen molar-refractivity contribution in [3.8, 4) is 0 Å². The number of carbonyl (C=O) groups is 2. The van der Waals surface area contributed by atoms with E-state index < -0.39 is 33.8 Å². The molecule has 11 heteroatoms. The van der Waals surface area contributed by atoms with Gasteiger partial charge in [-0.2, -0.15) is 14.2 Å². The van der Waals surface area contributed by atoms with E-state index in [1.807, 2.05) is 37.4 Å². The van der Waals surface area contributed by atoms with Crippen LogP contribution in [-0.2, 0) is 26.0 Å². The van der Waals surface area contributed by atoms with Gasteiger partial charge in [-0.15, -0.1) is 0 Å². The Morgan fingerprint density at radius 1 is 1.12 bits per heavy atom. The van der Waals surface area contributed by atoms with E-state index in [0.717, 1.165) is 10.6 Å². The molecule has 3 rings (SSSR count). The smallest absolute Gasteiger partial charge is 0.247 e. The first-order valence-electron chi connectivity index (χ1n) is 10.5. The van der Waals surface area contributed by atoms with E-state index in [0.29, 0.717) is 26.2 Å². The lowest BCUT2D eigenvalue weighted by Crippen LogP contribution is -2.56. The highest BCUT2D eigenvalue weighted by atomic mass is 32.2. The van der Waals surface area contributed by atoms with Gasteiger partial charge in [0.05, 0.1) is 17.9 Å². The van der Waals surface area contributed by atoms with Crippen molar-refractivity contribution < 1.29 is 18.0 Å². The van der Waals surface area contributed by atoms with E-state index >= 15 is 0 Å². The van der Waals surface area contributed by atoms with Gasteiger partial charge in [-0.05, 0) is 32.0 Å². The van der Waals surface area contributed by atoms with Gasteiger partial charge < -0.3 is 10.6 Å². The molecule has 2 aromatic rings. The number of piperazine rings is 1. The van der Waals surface area contributed by atoms with Crippen LogP contribution in [0.15, 0.2) is 48.8 Å². The second-order valence-electron chi connectivity index (χ2n) is 8.06. The summed E-state index contributed by atoms with van der Waals surface area (Å²) < 4.78 is 27.9. The van der Waals surface area contributed by atoms with Crippen LogP contribution in [0.5, 0.6) is 0 Å². The molecule has 0 aliphatic carbocycles. The molecule has 2 N–H and O–H groups in total. The average molecular weight is 463 g/mol. The quantitative estimate of drug-likeness (QED) is 0.544. The van der Waals surface area contributed by atoms with Crippen LogP contribution in [0.1, 0.15) is 12.5 Å². The predicted octanol–water partition coefficient (Wildman–Crippen LogP) is -0.342. The van der Waals surface area contributed by atoms with Crippen molar-refractivity contribution in [3.05, 3.63) is 54.4 Å². The van der Waals surface area contributed by atoms with Crippen LogP contribution in [0, 0.1) is 5.92 Å². The number of hydrogen-bond donors (Lipinski definition) is 1. The van der Waals surface area contributed by atoms with Gasteiger partial charge in [-0.3, -0.25) is 9.59 Å². The Morgan fingerprint density at radius 2 is 1.78 bits per heavy atom. The van der Waals surface area contributed by atoms with Gasteiger partial charge >= 0.3 is 0 Å². The van der Waals surface area contributed by atoms with Gasteiger partial charge in [0.15, 0.2) is 0 Å². The van der Waals surface area contributed by atoms with Gasteiger partial charge in [0.1, 0.15) is 6.04 Å². The molecule has 2 amide bonds. The Labute approximate surface area is 188 Å². The van der Waals surface area contributed by atoms with Crippen LogP contribution in [0.3, 0.4) is 0 Å². The lowest BCUT2D eigenvalue weighted by atomic mass is 9.99. The lowest BCUT2D eigenvalue weighted by Gasteiger charge is -2.34. The van der Waals surface area contributed by atoms with E-state index in [4.69, 9.17) is 5.73 Å². The molecule has 1 aliphatic rings. The SMILES string of the molecule is CC(C(N)=O)N(C(=O)C(Cc1ccccc1)CS(=O)(=O)N1CCN(C)CC1)n1cccn1. The van der Waals surface area contributed by atoms with Crippen molar-refractivity contribution in [2.24, 2.45) is 11.7 Å². The third-order valence-corrected chi connectivity index (χ3v) is 7.63. The number of sulfonamides is 1. The Balaban J connectivity index is 1.92. The molecule has 2 unspecified atom stereocenters. The van der Waals surface area contributed by atoms with Gasteiger partial charge in [-0.1, -0.05) is 30.3 Å². The Morgan fingerprint density at radius 3 is 2.34 bits per heavy atom. The molecule has 1 aromatic carbocycles. The highest BCUT2D eigenvalue weighted by molar-refractivity contribution is 7.89. The fourth-order valence-corrected chi connectivity index (χ4v) is 5.41. The molecule has 0 spiro atoms. The molecule has 1 fully saturated rings. The molecule has 2 atom stereocenters. The Hall–Kier alpha value is -2.76. The van der Waals surface area contributed by atoms with Crippen molar-refractivity contribution in [2.75, 3.05) is 44.0 Å². The summed E-state index contributed by atoms with van der Waals surface area (Å²) in [6.45, 7) is 3.52. The van der Waals surface area contributed by atoms with E-state index in [2.05, 4.69) is 10.00 Å². The summed E-state index contributed by atoms with van der Waals surface area (Å²) in [5.74, 6) is -2.53. The summed E-state index contributed by atoms with van der Waals surface area (Å²) in [7, 11) is -1.76. The molecule has 1 saturated heterocycles. The van der Waals surface area contributed by atoms with Crippen molar-refractivity contribution in [3.63, 3.8) is 0 Å². The molecular formula is C21H30N6O4S. The predicted molar refractivity (Wildman–Crippen MR) is 121 cm³/mol. The number of benzene rings is 1. The topological polar surface area (TPSA) is 122 Å². The lowest BCUT2D eigenvalue weighted by molar-refractivity contribution is -0.128. The molecule has 32 heavy (non-hydrogen) atoms. The van der Waals surface area contributed by atoms with Gasteiger partial charge in [0, 0.05) is 32.4 Å². The zero-order valence-corrected chi connectivity index (χ0v) is 19.2. The standard InChI is InChI=1S/C21H30N6O4S/c1-17(20(22)28)27(26-10-6-9-23-26)21(29)19(15-18-7-4-3-5-8-18)16-32(30,31)25-13-11-24(2)12-14-25/h3-10,17,19H,11-16H2,1-2H3,(H2,22,28). The maximum atomic E-state index is 13.7. The van der Waals surface area contributed by atoms with Crippen LogP contribution in [0.25, 0.3) is 0 Å². The van der Waals surface area contributed by atoms with Crippen molar-refractivity contribution in [1.82, 2.24) is 19.1 Å². The minimum absolute atomic E-state index is 0.204. The molecule has 0 radical (unpaired) electrons. The number of likely N-dealkylation sites (N-methyl/N-ethyl adjacent to an activating group) is 1. The first kappa shape index (κ1) is 23.9. The van der Waals surface area contributed by atoms with E-state index in [9.17, 15) is 18.0 Å². The fraction of sp³-hybridized carbons (Fsp3) is 0.476. The summed E-state index contributed by atoms with van der Waals surface area (Å²) in [4.78, 5) is 28.9. The normalized spacial score (nSPS) is 17.6. The molecule has 0 saturated carbocycles. The number of hydrogen-bond acceptors (Lipinski definition) is 6. The minimum atomic E-state index is -3.71. The average Bonchev–Trinajstić information content (AvgIpc) is 3.28. The molecular weight excluding hydrogens is 432 g/mol. The van der Waals surface area contributed by atoms with Crippen LogP contribution in [-0.4, -0.2) is 84.3 Å². The van der Waals surface area contributed by atoms with Crippen molar-refractivity contribution in [2.45, 2.75) is 19.4 Å². The Kier molecular flexibility index (Phi) is 7.64. The maximum absolute atomic E-state index is 13.7. The monoisotopic (exact) mass is 462 g/mol. The van der Waals surface area contributed by atoms with Crippen molar-refractivity contribution >= 4 is 21.8 Å².